The molecule has 0 aliphatic carbocycles. The van der Waals surface area contributed by atoms with E-state index in [1.165, 1.54) is 0 Å². The second-order valence-electron chi connectivity index (χ2n) is 3.45. The molecule has 2 rings (SSSR count). The highest BCUT2D eigenvalue weighted by Crippen LogP contribution is 2.28. The first kappa shape index (κ1) is 10.4. The Morgan fingerprint density at radius 3 is 2.87 bits per heavy atom. The molecule has 0 aliphatic rings. The lowest BCUT2D eigenvalue weighted by Gasteiger charge is -2.05. The molecule has 2 heterocycles. The van der Waals surface area contributed by atoms with Crippen LogP contribution in [0.4, 0.5) is 4.39 Å². The monoisotopic (exact) mass is 227 g/mol. The van der Waals surface area contributed by atoms with Gasteiger partial charge in [0.25, 0.3) is 0 Å². The Morgan fingerprint density at radius 1 is 1.47 bits per heavy atom. The number of aryl methyl sites for hydroxylation is 2. The quantitative estimate of drug-likeness (QED) is 0.790. The highest BCUT2D eigenvalue weighted by molar-refractivity contribution is 6.33. The van der Waals surface area contributed by atoms with Crippen molar-refractivity contribution in [1.82, 2.24) is 14.8 Å². The van der Waals surface area contributed by atoms with Crippen molar-refractivity contribution in [2.45, 2.75) is 20.4 Å². The Bertz CT molecular complexity index is 507. The van der Waals surface area contributed by atoms with Crippen molar-refractivity contribution in [3.63, 3.8) is 0 Å². The summed E-state index contributed by atoms with van der Waals surface area (Å²) in [5.74, 6) is 0. The molecule has 0 bridgehead atoms. The van der Waals surface area contributed by atoms with Crippen LogP contribution in [0.5, 0.6) is 0 Å². The molecular weight excluding hydrogens is 217 g/mol. The summed E-state index contributed by atoms with van der Waals surface area (Å²) in [6.07, 6.45) is 1.66. The van der Waals surface area contributed by atoms with Crippen LogP contribution in [0.25, 0.3) is 10.9 Å². The minimum atomic E-state index is -0.414. The number of hydrogen-bond donors (Lipinski definition) is 0. The number of fused-ring (bicyclic) bond motifs is 1. The number of nitrogens with zero attached hydrogens (tertiary/aromatic N) is 3. The van der Waals surface area contributed by atoms with Gasteiger partial charge in [-0.1, -0.05) is 11.6 Å². The van der Waals surface area contributed by atoms with Crippen molar-refractivity contribution in [2.24, 2.45) is 0 Å². The van der Waals surface area contributed by atoms with Crippen molar-refractivity contribution in [3.05, 3.63) is 22.6 Å². The average Bonchev–Trinajstić information content (AvgIpc) is 2.46. The van der Waals surface area contributed by atoms with Crippen LogP contribution in [-0.2, 0) is 6.54 Å². The average molecular weight is 228 g/mol. The normalized spacial score (nSPS) is 11.2. The Balaban J connectivity index is 2.82. The van der Waals surface area contributed by atoms with Crippen molar-refractivity contribution in [1.29, 1.82) is 0 Å². The maximum absolute atomic E-state index is 12.4. The van der Waals surface area contributed by atoms with E-state index in [2.05, 4.69) is 10.2 Å². The third-order valence-electron chi connectivity index (χ3n) is 2.71. The zero-order valence-electron chi connectivity index (χ0n) is 8.59. The molecule has 0 N–H and O–H groups in total. The van der Waals surface area contributed by atoms with E-state index in [0.717, 1.165) is 22.2 Å². The summed E-state index contributed by atoms with van der Waals surface area (Å²) in [7, 11) is 0. The highest BCUT2D eigenvalue weighted by atomic mass is 35.5. The zero-order chi connectivity index (χ0) is 11.0. The molecule has 0 radical (unpaired) electrons. The van der Waals surface area contributed by atoms with Gasteiger partial charge in [0.2, 0.25) is 0 Å². The van der Waals surface area contributed by atoms with E-state index in [9.17, 15) is 4.39 Å². The van der Waals surface area contributed by atoms with Crippen LogP contribution < -0.4 is 0 Å². The Hall–Kier alpha value is -1.16. The number of aromatic nitrogens is 3. The zero-order valence-corrected chi connectivity index (χ0v) is 9.35. The van der Waals surface area contributed by atoms with Crippen LogP contribution in [0.3, 0.4) is 0 Å². The first-order valence-corrected chi connectivity index (χ1v) is 5.07. The molecule has 2 aromatic heterocycles. The SMILES string of the molecule is Cc1c(C)n(CCF)c2c(Cl)nncc12. The topological polar surface area (TPSA) is 30.7 Å². The molecule has 0 atom stereocenters. The van der Waals surface area contributed by atoms with E-state index in [0.29, 0.717) is 11.7 Å². The Labute approximate surface area is 91.9 Å². The summed E-state index contributed by atoms with van der Waals surface area (Å²) < 4.78 is 14.3. The second-order valence-corrected chi connectivity index (χ2v) is 3.81. The van der Waals surface area contributed by atoms with Gasteiger partial charge < -0.3 is 4.57 Å². The molecule has 15 heavy (non-hydrogen) atoms. The minimum Gasteiger partial charge on any atom is -0.339 e. The third kappa shape index (κ3) is 1.49. The molecule has 5 heteroatoms. The van der Waals surface area contributed by atoms with E-state index >= 15 is 0 Å². The highest BCUT2D eigenvalue weighted by Gasteiger charge is 2.14. The molecule has 0 saturated heterocycles. The minimum absolute atomic E-state index is 0.307. The Morgan fingerprint density at radius 2 is 2.20 bits per heavy atom. The molecule has 0 aliphatic heterocycles. The van der Waals surface area contributed by atoms with E-state index < -0.39 is 6.67 Å². The molecule has 0 fully saturated rings. The van der Waals surface area contributed by atoms with E-state index in [-0.39, 0.29) is 0 Å². The van der Waals surface area contributed by atoms with Crippen molar-refractivity contribution >= 4 is 22.5 Å². The van der Waals surface area contributed by atoms with Crippen molar-refractivity contribution in [2.75, 3.05) is 6.67 Å². The van der Waals surface area contributed by atoms with Crippen LogP contribution in [0.2, 0.25) is 5.15 Å². The molecule has 0 unspecified atom stereocenters. The largest absolute Gasteiger partial charge is 0.339 e. The summed E-state index contributed by atoms with van der Waals surface area (Å²) >= 11 is 5.97. The van der Waals surface area contributed by atoms with Crippen LogP contribution in [-0.4, -0.2) is 21.4 Å². The first-order chi connectivity index (χ1) is 7.16. The fraction of sp³-hybridized carbons (Fsp3) is 0.400. The maximum atomic E-state index is 12.4. The summed E-state index contributed by atoms with van der Waals surface area (Å²) in [6.45, 7) is 3.82. The van der Waals surface area contributed by atoms with Gasteiger partial charge in [0, 0.05) is 11.1 Å². The van der Waals surface area contributed by atoms with Gasteiger partial charge >= 0.3 is 0 Å². The fourth-order valence-electron chi connectivity index (χ4n) is 1.82. The molecule has 2 aromatic rings. The fourth-order valence-corrected chi connectivity index (χ4v) is 2.06. The molecule has 0 aromatic carbocycles. The van der Waals surface area contributed by atoms with Gasteiger partial charge in [-0.2, -0.15) is 5.10 Å². The first-order valence-electron chi connectivity index (χ1n) is 4.69. The summed E-state index contributed by atoms with van der Waals surface area (Å²) in [5, 5.41) is 8.85. The number of halogens is 2. The summed E-state index contributed by atoms with van der Waals surface area (Å²) in [4.78, 5) is 0. The molecule has 0 saturated carbocycles. The van der Waals surface area contributed by atoms with E-state index in [4.69, 9.17) is 11.6 Å². The van der Waals surface area contributed by atoms with Gasteiger partial charge in [-0.3, -0.25) is 0 Å². The van der Waals surface area contributed by atoms with Crippen molar-refractivity contribution < 1.29 is 4.39 Å². The van der Waals surface area contributed by atoms with Gasteiger partial charge in [0.15, 0.2) is 5.15 Å². The molecule has 3 nitrogen and oxygen atoms in total. The van der Waals surface area contributed by atoms with Crippen LogP contribution in [0.1, 0.15) is 11.3 Å². The number of rotatable bonds is 2. The summed E-state index contributed by atoms with van der Waals surface area (Å²) in [5.41, 5.74) is 2.87. The lowest BCUT2D eigenvalue weighted by atomic mass is 10.2. The van der Waals surface area contributed by atoms with Gasteiger partial charge in [-0.15, -0.1) is 5.10 Å². The second kappa shape index (κ2) is 3.77. The predicted octanol–water partition coefficient (Wildman–Crippen LogP) is 2.67. The van der Waals surface area contributed by atoms with Gasteiger partial charge in [-0.25, -0.2) is 4.39 Å². The lowest BCUT2D eigenvalue weighted by Crippen LogP contribution is -2.02. The molecule has 80 valence electrons. The van der Waals surface area contributed by atoms with Crippen LogP contribution in [0.15, 0.2) is 6.20 Å². The number of hydrogen-bond acceptors (Lipinski definition) is 2. The molecule has 0 spiro atoms. The van der Waals surface area contributed by atoms with Crippen LogP contribution >= 0.6 is 11.6 Å². The smallest absolute Gasteiger partial charge is 0.175 e. The lowest BCUT2D eigenvalue weighted by molar-refractivity contribution is 0.447. The van der Waals surface area contributed by atoms with Crippen LogP contribution in [0, 0.1) is 13.8 Å². The van der Waals surface area contributed by atoms with Gasteiger partial charge in [0.05, 0.1) is 18.3 Å². The third-order valence-corrected chi connectivity index (χ3v) is 2.97. The van der Waals surface area contributed by atoms with E-state index in [1.807, 2.05) is 18.4 Å². The van der Waals surface area contributed by atoms with Crippen molar-refractivity contribution in [3.8, 4) is 0 Å². The molecule has 0 amide bonds. The predicted molar refractivity (Wildman–Crippen MR) is 58.0 cm³/mol. The molecular formula is C10H11ClFN3. The number of alkyl halides is 1. The van der Waals surface area contributed by atoms with Gasteiger partial charge in [-0.05, 0) is 19.4 Å². The standard InChI is InChI=1S/C10H11ClFN3/c1-6-7(2)15(4-3-12)9-8(6)5-13-14-10(9)11/h5H,3-4H2,1-2H3. The summed E-state index contributed by atoms with van der Waals surface area (Å²) in [6, 6.07) is 0. The van der Waals surface area contributed by atoms with Gasteiger partial charge in [0.1, 0.15) is 6.67 Å². The Kier molecular flexibility index (Phi) is 2.61. The maximum Gasteiger partial charge on any atom is 0.175 e. The van der Waals surface area contributed by atoms with E-state index in [1.54, 1.807) is 6.20 Å².